The van der Waals surface area contributed by atoms with Crippen molar-refractivity contribution in [3.8, 4) is 11.3 Å². The van der Waals surface area contributed by atoms with Gasteiger partial charge in [-0.05, 0) is 25.1 Å². The first-order valence-corrected chi connectivity index (χ1v) is 9.83. The van der Waals surface area contributed by atoms with Crippen LogP contribution in [0.5, 0.6) is 0 Å². The summed E-state index contributed by atoms with van der Waals surface area (Å²) in [6.45, 7) is 4.94. The molecule has 4 rings (SSSR count). The highest BCUT2D eigenvalue weighted by Gasteiger charge is 2.38. The van der Waals surface area contributed by atoms with E-state index in [1.807, 2.05) is 6.07 Å². The topological polar surface area (TPSA) is 121 Å². The number of hydrogen-bond acceptors (Lipinski definition) is 9. The predicted molar refractivity (Wildman–Crippen MR) is 112 cm³/mol. The number of carbonyl (C=O) groups excluding carboxylic acids is 3. The van der Waals surface area contributed by atoms with Crippen LogP contribution in [0.3, 0.4) is 0 Å². The van der Waals surface area contributed by atoms with Gasteiger partial charge in [0.2, 0.25) is 0 Å². The van der Waals surface area contributed by atoms with Gasteiger partial charge in [0, 0.05) is 37.5 Å². The number of anilines is 1. The summed E-state index contributed by atoms with van der Waals surface area (Å²) in [5.74, 6) is -3.34. The molecule has 0 spiro atoms. The smallest absolute Gasteiger partial charge is 0.350 e. The normalized spacial score (nSPS) is 15.2. The van der Waals surface area contributed by atoms with Gasteiger partial charge in [0.15, 0.2) is 11.2 Å². The van der Waals surface area contributed by atoms with E-state index < -0.39 is 23.7 Å². The van der Waals surface area contributed by atoms with Gasteiger partial charge in [-0.2, -0.15) is 5.10 Å². The molecule has 2 aromatic heterocycles. The number of nitrogens with one attached hydrogen (secondary N) is 1. The van der Waals surface area contributed by atoms with E-state index in [2.05, 4.69) is 15.4 Å². The average Bonchev–Trinajstić information content (AvgIpc) is 3.17. The molecule has 1 fully saturated rings. The van der Waals surface area contributed by atoms with E-state index in [4.69, 9.17) is 14.2 Å². The van der Waals surface area contributed by atoms with E-state index in [-0.39, 0.29) is 17.7 Å². The second-order valence-corrected chi connectivity index (χ2v) is 7.31. The molecule has 10 heteroatoms. The minimum atomic E-state index is -1.30. The van der Waals surface area contributed by atoms with Gasteiger partial charge >= 0.3 is 17.9 Å². The fourth-order valence-electron chi connectivity index (χ4n) is 3.17. The molecule has 1 aliphatic heterocycles. The molecule has 0 aliphatic carbocycles. The largest absolute Gasteiger partial charge is 0.462 e. The number of fused-ring (bicyclic) bond motifs is 1. The first-order valence-electron chi connectivity index (χ1n) is 9.83. The average molecular weight is 436 g/mol. The van der Waals surface area contributed by atoms with Crippen LogP contribution in [-0.2, 0) is 23.8 Å². The van der Waals surface area contributed by atoms with Crippen molar-refractivity contribution in [3.05, 3.63) is 60.1 Å². The minimum absolute atomic E-state index is 0.243. The molecule has 0 atom stereocenters. The van der Waals surface area contributed by atoms with E-state index >= 15 is 0 Å². The Hall–Kier alpha value is -4.21. The molecular weight excluding hydrogens is 416 g/mol. The molecule has 1 saturated heterocycles. The molecule has 164 valence electrons. The van der Waals surface area contributed by atoms with Crippen molar-refractivity contribution < 1.29 is 28.6 Å². The standard InChI is InChI=1S/C22H20N4O6/c1-4-30-19(27)15-12-25-26-17(8-9-23-18(15)26)13-6-5-7-14(10-13)24-11-16-20(28)31-22(2,3)32-21(16)29/h5-12,24H,4H2,1-3H3. The zero-order valence-electron chi connectivity index (χ0n) is 17.6. The second kappa shape index (κ2) is 8.14. The molecule has 3 aromatic rings. The first kappa shape index (κ1) is 21.0. The Bertz CT molecular complexity index is 1240. The third-order valence-electron chi connectivity index (χ3n) is 4.55. The van der Waals surface area contributed by atoms with Crippen LogP contribution in [0.2, 0.25) is 0 Å². The number of ether oxygens (including phenoxy) is 3. The van der Waals surface area contributed by atoms with Crippen LogP contribution in [0.25, 0.3) is 16.9 Å². The summed E-state index contributed by atoms with van der Waals surface area (Å²) in [6, 6.07) is 8.95. The molecule has 1 N–H and O–H groups in total. The maximum absolute atomic E-state index is 12.1. The summed E-state index contributed by atoms with van der Waals surface area (Å²) < 4.78 is 16.8. The lowest BCUT2D eigenvalue weighted by Gasteiger charge is -2.29. The van der Waals surface area contributed by atoms with Crippen molar-refractivity contribution in [1.82, 2.24) is 14.6 Å². The maximum Gasteiger partial charge on any atom is 0.350 e. The number of aromatic nitrogens is 3. The molecule has 0 unspecified atom stereocenters. The van der Waals surface area contributed by atoms with Crippen molar-refractivity contribution in [3.63, 3.8) is 0 Å². The highest BCUT2D eigenvalue weighted by atomic mass is 16.7. The molecule has 1 aliphatic rings. The predicted octanol–water partition coefficient (Wildman–Crippen LogP) is 2.70. The maximum atomic E-state index is 12.1. The summed E-state index contributed by atoms with van der Waals surface area (Å²) in [4.78, 5) is 40.6. The highest BCUT2D eigenvalue weighted by Crippen LogP contribution is 2.26. The Morgan fingerprint density at radius 1 is 1.22 bits per heavy atom. The van der Waals surface area contributed by atoms with Gasteiger partial charge < -0.3 is 19.5 Å². The van der Waals surface area contributed by atoms with Gasteiger partial charge in [-0.3, -0.25) is 0 Å². The van der Waals surface area contributed by atoms with Crippen LogP contribution < -0.4 is 5.32 Å². The monoisotopic (exact) mass is 436 g/mol. The molecular formula is C22H20N4O6. The summed E-state index contributed by atoms with van der Waals surface area (Å²) in [6.07, 6.45) is 4.24. The number of rotatable bonds is 5. The van der Waals surface area contributed by atoms with Crippen molar-refractivity contribution in [1.29, 1.82) is 0 Å². The second-order valence-electron chi connectivity index (χ2n) is 7.31. The Labute approximate surface area is 182 Å². The molecule has 3 heterocycles. The Morgan fingerprint density at radius 2 is 1.97 bits per heavy atom. The zero-order chi connectivity index (χ0) is 22.9. The van der Waals surface area contributed by atoms with Crippen LogP contribution in [0.15, 0.2) is 54.5 Å². The molecule has 0 radical (unpaired) electrons. The molecule has 1 aromatic carbocycles. The summed E-state index contributed by atoms with van der Waals surface area (Å²) in [5.41, 5.74) is 2.44. The van der Waals surface area contributed by atoms with Crippen LogP contribution in [-0.4, -0.2) is 44.9 Å². The molecule has 32 heavy (non-hydrogen) atoms. The zero-order valence-corrected chi connectivity index (χ0v) is 17.6. The molecule has 0 bridgehead atoms. The summed E-state index contributed by atoms with van der Waals surface area (Å²) in [7, 11) is 0. The van der Waals surface area contributed by atoms with Gasteiger partial charge in [-0.15, -0.1) is 0 Å². The first-order chi connectivity index (χ1) is 15.3. The molecule has 10 nitrogen and oxygen atoms in total. The number of benzene rings is 1. The number of nitrogens with zero attached hydrogens (tertiary/aromatic N) is 3. The Kier molecular flexibility index (Phi) is 5.35. The van der Waals surface area contributed by atoms with Crippen LogP contribution in [0, 0.1) is 0 Å². The van der Waals surface area contributed by atoms with E-state index in [9.17, 15) is 14.4 Å². The molecule has 0 amide bonds. The van der Waals surface area contributed by atoms with Crippen LogP contribution in [0.4, 0.5) is 5.69 Å². The SMILES string of the molecule is CCOC(=O)c1cnn2c(-c3cccc(NC=C4C(=O)OC(C)(C)OC4=O)c3)ccnc12. The van der Waals surface area contributed by atoms with Gasteiger partial charge in [-0.1, -0.05) is 12.1 Å². The lowest BCUT2D eigenvalue weighted by molar-refractivity contribution is -0.222. The third-order valence-corrected chi connectivity index (χ3v) is 4.55. The fraction of sp³-hybridized carbons (Fsp3) is 0.227. The third kappa shape index (κ3) is 4.02. The minimum Gasteiger partial charge on any atom is -0.462 e. The lowest BCUT2D eigenvalue weighted by Crippen LogP contribution is -2.42. The van der Waals surface area contributed by atoms with E-state index in [1.165, 1.54) is 26.2 Å². The lowest BCUT2D eigenvalue weighted by atomic mass is 10.1. The van der Waals surface area contributed by atoms with Crippen LogP contribution in [0.1, 0.15) is 31.1 Å². The number of carbonyl (C=O) groups is 3. The fourth-order valence-corrected chi connectivity index (χ4v) is 3.17. The van der Waals surface area contributed by atoms with Crippen molar-refractivity contribution >= 4 is 29.2 Å². The Balaban J connectivity index is 1.63. The van der Waals surface area contributed by atoms with Crippen molar-refractivity contribution in [2.45, 2.75) is 26.6 Å². The van der Waals surface area contributed by atoms with Crippen molar-refractivity contribution in [2.75, 3.05) is 11.9 Å². The van der Waals surface area contributed by atoms with E-state index in [0.717, 1.165) is 5.56 Å². The van der Waals surface area contributed by atoms with Gasteiger partial charge in [0.1, 0.15) is 5.56 Å². The van der Waals surface area contributed by atoms with Gasteiger partial charge in [-0.25, -0.2) is 23.9 Å². The Morgan fingerprint density at radius 3 is 2.69 bits per heavy atom. The highest BCUT2D eigenvalue weighted by molar-refractivity contribution is 6.15. The van der Waals surface area contributed by atoms with Gasteiger partial charge in [0.25, 0.3) is 5.79 Å². The van der Waals surface area contributed by atoms with Gasteiger partial charge in [0.05, 0.1) is 18.5 Å². The van der Waals surface area contributed by atoms with E-state index in [0.29, 0.717) is 17.0 Å². The summed E-state index contributed by atoms with van der Waals surface area (Å²) in [5, 5.41) is 7.20. The quantitative estimate of drug-likeness (QED) is 0.365. The number of esters is 3. The summed E-state index contributed by atoms with van der Waals surface area (Å²) >= 11 is 0. The van der Waals surface area contributed by atoms with Crippen LogP contribution >= 0.6 is 0 Å². The van der Waals surface area contributed by atoms with E-state index in [1.54, 1.807) is 41.9 Å². The number of hydrogen-bond donors (Lipinski definition) is 1. The van der Waals surface area contributed by atoms with Crippen molar-refractivity contribution in [2.24, 2.45) is 0 Å². The molecule has 0 saturated carbocycles. The number of cyclic esters (lactones) is 2.